The Morgan fingerprint density at radius 2 is 2.31 bits per heavy atom. The van der Waals surface area contributed by atoms with Crippen LogP contribution in [0.1, 0.15) is 33.6 Å². The standard InChI is InChI=1S/C12H18N2O2/c1-4-6-10(15)14-9-8-13-11(16)12(14,3)7-5-2/h5,7-9H2,1-3H3,(H,13,16). The molecule has 1 heterocycles. The van der Waals surface area contributed by atoms with Gasteiger partial charge in [0.15, 0.2) is 0 Å². The fourth-order valence-corrected chi connectivity index (χ4v) is 2.08. The summed E-state index contributed by atoms with van der Waals surface area (Å²) in [4.78, 5) is 25.3. The molecule has 1 rings (SSSR count). The van der Waals surface area contributed by atoms with Crippen molar-refractivity contribution < 1.29 is 9.59 Å². The van der Waals surface area contributed by atoms with Crippen LogP contribution in [0, 0.1) is 11.8 Å². The van der Waals surface area contributed by atoms with Crippen LogP contribution in [0.2, 0.25) is 0 Å². The van der Waals surface area contributed by atoms with Gasteiger partial charge in [-0.25, -0.2) is 0 Å². The van der Waals surface area contributed by atoms with E-state index in [0.29, 0.717) is 19.5 Å². The predicted molar refractivity (Wildman–Crippen MR) is 61.5 cm³/mol. The van der Waals surface area contributed by atoms with Gasteiger partial charge >= 0.3 is 0 Å². The first-order valence-electron chi connectivity index (χ1n) is 5.59. The van der Waals surface area contributed by atoms with Crippen LogP contribution in [0.15, 0.2) is 0 Å². The largest absolute Gasteiger partial charge is 0.352 e. The van der Waals surface area contributed by atoms with Gasteiger partial charge in [-0.3, -0.25) is 9.59 Å². The van der Waals surface area contributed by atoms with E-state index >= 15 is 0 Å². The second kappa shape index (κ2) is 5.02. The van der Waals surface area contributed by atoms with Gasteiger partial charge in [0, 0.05) is 13.1 Å². The minimum absolute atomic E-state index is 0.0770. The Balaban J connectivity index is 2.97. The van der Waals surface area contributed by atoms with Crippen LogP contribution in [0.3, 0.4) is 0 Å². The quantitative estimate of drug-likeness (QED) is 0.693. The van der Waals surface area contributed by atoms with Gasteiger partial charge in [-0.05, 0) is 26.2 Å². The third-order valence-electron chi connectivity index (χ3n) is 2.92. The third-order valence-corrected chi connectivity index (χ3v) is 2.92. The van der Waals surface area contributed by atoms with Crippen LogP contribution in [0.25, 0.3) is 0 Å². The van der Waals surface area contributed by atoms with E-state index in [0.717, 1.165) is 6.42 Å². The molecule has 0 aliphatic carbocycles. The summed E-state index contributed by atoms with van der Waals surface area (Å²) in [5.74, 6) is 4.76. The van der Waals surface area contributed by atoms with E-state index in [1.165, 1.54) is 0 Å². The monoisotopic (exact) mass is 222 g/mol. The summed E-state index contributed by atoms with van der Waals surface area (Å²) in [6.45, 7) is 6.48. The zero-order chi connectivity index (χ0) is 12.2. The van der Waals surface area contributed by atoms with Crippen LogP contribution >= 0.6 is 0 Å². The zero-order valence-corrected chi connectivity index (χ0v) is 10.1. The van der Waals surface area contributed by atoms with E-state index in [1.807, 2.05) is 6.92 Å². The number of piperazine rings is 1. The average Bonchev–Trinajstić information content (AvgIpc) is 2.23. The summed E-state index contributed by atoms with van der Waals surface area (Å²) in [5.41, 5.74) is -0.742. The highest BCUT2D eigenvalue weighted by Crippen LogP contribution is 2.24. The van der Waals surface area contributed by atoms with E-state index in [4.69, 9.17) is 0 Å². The molecule has 0 bridgehead atoms. The molecule has 0 saturated carbocycles. The second-order valence-corrected chi connectivity index (χ2v) is 4.11. The van der Waals surface area contributed by atoms with Crippen molar-refractivity contribution in [2.75, 3.05) is 13.1 Å². The smallest absolute Gasteiger partial charge is 0.299 e. The third kappa shape index (κ3) is 2.19. The molecule has 1 aliphatic rings. The highest BCUT2D eigenvalue weighted by Gasteiger charge is 2.43. The lowest BCUT2D eigenvalue weighted by Crippen LogP contribution is -2.64. The van der Waals surface area contributed by atoms with Gasteiger partial charge in [0.25, 0.3) is 5.91 Å². The zero-order valence-electron chi connectivity index (χ0n) is 10.1. The molecule has 0 aromatic heterocycles. The molecule has 0 radical (unpaired) electrons. The molecule has 1 unspecified atom stereocenters. The van der Waals surface area contributed by atoms with Crippen molar-refractivity contribution in [2.24, 2.45) is 0 Å². The molecule has 4 nitrogen and oxygen atoms in total. The molecule has 88 valence electrons. The average molecular weight is 222 g/mol. The first kappa shape index (κ1) is 12.6. The van der Waals surface area contributed by atoms with Gasteiger partial charge in [0.05, 0.1) is 0 Å². The number of nitrogens with zero attached hydrogens (tertiary/aromatic N) is 1. The van der Waals surface area contributed by atoms with Crippen molar-refractivity contribution in [2.45, 2.75) is 39.2 Å². The van der Waals surface area contributed by atoms with E-state index < -0.39 is 5.54 Å². The second-order valence-electron chi connectivity index (χ2n) is 4.11. The number of rotatable bonds is 2. The molecule has 1 aliphatic heterocycles. The van der Waals surface area contributed by atoms with Crippen LogP contribution in [0.5, 0.6) is 0 Å². The van der Waals surface area contributed by atoms with Gasteiger partial charge in [-0.15, -0.1) is 0 Å². The lowest BCUT2D eigenvalue weighted by molar-refractivity contribution is -0.147. The maximum absolute atomic E-state index is 11.9. The molecule has 0 spiro atoms. The Hall–Kier alpha value is -1.50. The molecular weight excluding hydrogens is 204 g/mol. The van der Waals surface area contributed by atoms with Gasteiger partial charge in [-0.1, -0.05) is 19.3 Å². The lowest BCUT2D eigenvalue weighted by Gasteiger charge is -2.42. The summed E-state index contributed by atoms with van der Waals surface area (Å²) >= 11 is 0. The number of hydrogen-bond donors (Lipinski definition) is 1. The topological polar surface area (TPSA) is 49.4 Å². The van der Waals surface area contributed by atoms with Crippen molar-refractivity contribution in [1.29, 1.82) is 0 Å². The Morgan fingerprint density at radius 1 is 1.62 bits per heavy atom. The number of hydrogen-bond acceptors (Lipinski definition) is 2. The highest BCUT2D eigenvalue weighted by molar-refractivity contribution is 5.99. The van der Waals surface area contributed by atoms with Crippen LogP contribution < -0.4 is 5.32 Å². The Kier molecular flexibility index (Phi) is 3.94. The van der Waals surface area contributed by atoms with Gasteiger partial charge in [0.1, 0.15) is 5.54 Å². The Labute approximate surface area is 96.4 Å². The van der Waals surface area contributed by atoms with Gasteiger partial charge in [0.2, 0.25) is 5.91 Å². The van der Waals surface area contributed by atoms with E-state index in [2.05, 4.69) is 17.2 Å². The Morgan fingerprint density at radius 3 is 2.88 bits per heavy atom. The van der Waals surface area contributed by atoms with Gasteiger partial charge < -0.3 is 10.2 Å². The summed E-state index contributed by atoms with van der Waals surface area (Å²) in [6.07, 6.45) is 1.52. The summed E-state index contributed by atoms with van der Waals surface area (Å²) in [6, 6.07) is 0. The van der Waals surface area contributed by atoms with Crippen molar-refractivity contribution >= 4 is 11.8 Å². The molecule has 0 aromatic rings. The highest BCUT2D eigenvalue weighted by atomic mass is 16.2. The predicted octanol–water partition coefficient (Wildman–Crippen LogP) is 0.527. The van der Waals surface area contributed by atoms with Crippen molar-refractivity contribution in [1.82, 2.24) is 10.2 Å². The minimum Gasteiger partial charge on any atom is -0.352 e. The molecule has 16 heavy (non-hydrogen) atoms. The van der Waals surface area contributed by atoms with E-state index in [1.54, 1.807) is 18.7 Å². The number of nitrogens with one attached hydrogen (secondary N) is 1. The number of carbonyl (C=O) groups excluding carboxylic acids is 2. The van der Waals surface area contributed by atoms with Crippen LogP contribution in [0.4, 0.5) is 0 Å². The normalized spacial score (nSPS) is 24.4. The van der Waals surface area contributed by atoms with Crippen molar-refractivity contribution in [3.05, 3.63) is 0 Å². The lowest BCUT2D eigenvalue weighted by atomic mass is 9.90. The SMILES string of the molecule is CC#CC(=O)N1CCNC(=O)C1(C)CCC. The molecule has 4 heteroatoms. The fourth-order valence-electron chi connectivity index (χ4n) is 2.08. The van der Waals surface area contributed by atoms with Crippen molar-refractivity contribution in [3.63, 3.8) is 0 Å². The van der Waals surface area contributed by atoms with Crippen LogP contribution in [-0.4, -0.2) is 35.3 Å². The Bertz CT molecular complexity index is 354. The molecule has 1 N–H and O–H groups in total. The number of carbonyl (C=O) groups is 2. The first-order valence-corrected chi connectivity index (χ1v) is 5.59. The summed E-state index contributed by atoms with van der Waals surface area (Å²) in [7, 11) is 0. The number of amides is 2. The van der Waals surface area contributed by atoms with Gasteiger partial charge in [-0.2, -0.15) is 0 Å². The molecular formula is C12H18N2O2. The molecule has 0 aromatic carbocycles. The molecule has 1 saturated heterocycles. The molecule has 1 fully saturated rings. The summed E-state index contributed by atoms with van der Waals surface area (Å²) in [5, 5.41) is 2.80. The maximum Gasteiger partial charge on any atom is 0.299 e. The summed E-state index contributed by atoms with van der Waals surface area (Å²) < 4.78 is 0. The first-order chi connectivity index (χ1) is 7.56. The maximum atomic E-state index is 11.9. The molecule has 1 atom stereocenters. The van der Waals surface area contributed by atoms with E-state index in [9.17, 15) is 9.59 Å². The van der Waals surface area contributed by atoms with Crippen molar-refractivity contribution in [3.8, 4) is 11.8 Å². The molecule has 2 amide bonds. The minimum atomic E-state index is -0.742. The van der Waals surface area contributed by atoms with Crippen LogP contribution in [-0.2, 0) is 9.59 Å². The fraction of sp³-hybridized carbons (Fsp3) is 0.667. The van der Waals surface area contributed by atoms with E-state index in [-0.39, 0.29) is 11.8 Å².